The van der Waals surface area contributed by atoms with Crippen molar-refractivity contribution in [3.8, 4) is 0 Å². The Bertz CT molecular complexity index is 342. The van der Waals surface area contributed by atoms with E-state index < -0.39 is 0 Å². The standard InChI is InChI=1S/C20H37Br4NO/c1-25(2)20(26)19(24)18(23)17(22)15-13-11-9-7-5-3-4-6-8-10-12-14-16-21/h17-19H,3-16H2,1-2H3. The monoisotopic (exact) mass is 623 g/mol. The number of hydrogen-bond donors (Lipinski definition) is 0. The first-order valence-corrected chi connectivity index (χ1v) is 14.0. The molecule has 0 saturated carbocycles. The van der Waals surface area contributed by atoms with Gasteiger partial charge in [-0.3, -0.25) is 4.79 Å². The van der Waals surface area contributed by atoms with E-state index in [4.69, 9.17) is 0 Å². The molecule has 0 radical (unpaired) electrons. The van der Waals surface area contributed by atoms with Gasteiger partial charge in [-0.2, -0.15) is 0 Å². The molecule has 0 bridgehead atoms. The van der Waals surface area contributed by atoms with Gasteiger partial charge in [0.2, 0.25) is 5.91 Å². The van der Waals surface area contributed by atoms with Gasteiger partial charge < -0.3 is 4.90 Å². The Morgan fingerprint density at radius 2 is 1.12 bits per heavy atom. The summed E-state index contributed by atoms with van der Waals surface area (Å²) in [5.74, 6) is 0.111. The van der Waals surface area contributed by atoms with Gasteiger partial charge in [0.15, 0.2) is 0 Å². The number of unbranched alkanes of at least 4 members (excludes halogenated alkanes) is 11. The second-order valence-corrected chi connectivity index (χ2v) is 11.3. The molecule has 0 aromatic carbocycles. The molecule has 0 aliphatic rings. The first-order valence-electron chi connectivity index (χ1n) is 10.1. The third-order valence-electron chi connectivity index (χ3n) is 4.67. The molecular formula is C20H37Br4NO. The maximum Gasteiger partial charge on any atom is 0.237 e. The van der Waals surface area contributed by atoms with Crippen molar-refractivity contribution in [2.45, 2.75) is 98.0 Å². The van der Waals surface area contributed by atoms with Gasteiger partial charge >= 0.3 is 0 Å². The molecule has 2 nitrogen and oxygen atoms in total. The summed E-state index contributed by atoms with van der Waals surface area (Å²) in [6, 6.07) is 0. The van der Waals surface area contributed by atoms with E-state index in [9.17, 15) is 4.79 Å². The first-order chi connectivity index (χ1) is 12.4. The minimum absolute atomic E-state index is 0.111. The van der Waals surface area contributed by atoms with Gasteiger partial charge in [0.05, 0.1) is 0 Å². The predicted molar refractivity (Wildman–Crippen MR) is 131 cm³/mol. The van der Waals surface area contributed by atoms with Crippen LogP contribution in [0.15, 0.2) is 0 Å². The minimum Gasteiger partial charge on any atom is -0.348 e. The molecule has 156 valence electrons. The Balaban J connectivity index is 3.50. The van der Waals surface area contributed by atoms with Crippen LogP contribution in [0.4, 0.5) is 0 Å². The highest BCUT2D eigenvalue weighted by Gasteiger charge is 2.29. The van der Waals surface area contributed by atoms with Crippen LogP contribution in [0.3, 0.4) is 0 Å². The van der Waals surface area contributed by atoms with Crippen molar-refractivity contribution in [2.75, 3.05) is 19.4 Å². The molecular weight excluding hydrogens is 590 g/mol. The Morgan fingerprint density at radius 1 is 0.731 bits per heavy atom. The van der Waals surface area contributed by atoms with Crippen molar-refractivity contribution in [1.29, 1.82) is 0 Å². The number of carbonyl (C=O) groups excluding carboxylic acids is 1. The van der Waals surface area contributed by atoms with Gasteiger partial charge in [0.1, 0.15) is 4.83 Å². The van der Waals surface area contributed by atoms with E-state index in [-0.39, 0.29) is 15.6 Å². The van der Waals surface area contributed by atoms with Gasteiger partial charge in [-0.15, -0.1) is 0 Å². The van der Waals surface area contributed by atoms with E-state index in [0.29, 0.717) is 4.83 Å². The normalized spacial score (nSPS) is 14.8. The summed E-state index contributed by atoms with van der Waals surface area (Å²) in [5.41, 5.74) is 0. The summed E-state index contributed by atoms with van der Waals surface area (Å²) in [7, 11) is 3.59. The molecule has 0 saturated heterocycles. The molecule has 0 fully saturated rings. The number of rotatable bonds is 17. The number of alkyl halides is 4. The van der Waals surface area contributed by atoms with E-state index in [1.807, 2.05) is 0 Å². The summed E-state index contributed by atoms with van der Waals surface area (Å²) >= 11 is 14.4. The van der Waals surface area contributed by atoms with Crippen LogP contribution in [0.5, 0.6) is 0 Å². The van der Waals surface area contributed by atoms with Crippen LogP contribution < -0.4 is 0 Å². The third kappa shape index (κ3) is 14.4. The average molecular weight is 627 g/mol. The zero-order valence-electron chi connectivity index (χ0n) is 16.5. The molecule has 0 aliphatic carbocycles. The summed E-state index contributed by atoms with van der Waals surface area (Å²) < 4.78 is 0. The zero-order valence-corrected chi connectivity index (χ0v) is 22.8. The lowest BCUT2D eigenvalue weighted by Crippen LogP contribution is -2.38. The molecule has 0 rings (SSSR count). The molecule has 0 N–H and O–H groups in total. The second-order valence-electron chi connectivity index (χ2n) is 7.32. The van der Waals surface area contributed by atoms with E-state index >= 15 is 0 Å². The fraction of sp³-hybridized carbons (Fsp3) is 0.950. The van der Waals surface area contributed by atoms with Crippen LogP contribution in [-0.4, -0.2) is 44.7 Å². The van der Waals surface area contributed by atoms with Crippen LogP contribution in [0, 0.1) is 0 Å². The Labute approximate surface area is 195 Å². The smallest absolute Gasteiger partial charge is 0.237 e. The van der Waals surface area contributed by atoms with Crippen molar-refractivity contribution in [2.24, 2.45) is 0 Å². The highest BCUT2D eigenvalue weighted by atomic mass is 79.9. The van der Waals surface area contributed by atoms with Crippen molar-refractivity contribution in [3.05, 3.63) is 0 Å². The van der Waals surface area contributed by atoms with E-state index in [1.165, 1.54) is 77.0 Å². The molecule has 26 heavy (non-hydrogen) atoms. The average Bonchev–Trinajstić information content (AvgIpc) is 2.63. The lowest BCUT2D eigenvalue weighted by atomic mass is 10.0. The highest BCUT2D eigenvalue weighted by Crippen LogP contribution is 2.28. The molecule has 1 amide bonds. The van der Waals surface area contributed by atoms with Gasteiger partial charge in [-0.1, -0.05) is 134 Å². The summed E-state index contributed by atoms with van der Waals surface area (Å²) in [5, 5.41) is 1.16. The third-order valence-corrected chi connectivity index (χ3v) is 9.80. The van der Waals surface area contributed by atoms with Crippen molar-refractivity contribution >= 4 is 69.6 Å². The lowest BCUT2D eigenvalue weighted by Gasteiger charge is -2.23. The molecule has 3 atom stereocenters. The topological polar surface area (TPSA) is 20.3 Å². The maximum atomic E-state index is 12.0. The predicted octanol–water partition coefficient (Wildman–Crippen LogP) is 7.83. The van der Waals surface area contributed by atoms with Gasteiger partial charge in [-0.25, -0.2) is 0 Å². The van der Waals surface area contributed by atoms with Crippen molar-refractivity contribution < 1.29 is 4.79 Å². The minimum atomic E-state index is -0.179. The number of amides is 1. The fourth-order valence-corrected chi connectivity index (χ4v) is 5.63. The fourth-order valence-electron chi connectivity index (χ4n) is 2.93. The summed E-state index contributed by atoms with van der Waals surface area (Å²) in [6.07, 6.45) is 17.5. The second kappa shape index (κ2) is 18.4. The van der Waals surface area contributed by atoms with E-state index in [0.717, 1.165) is 11.8 Å². The van der Waals surface area contributed by atoms with Crippen LogP contribution in [0.1, 0.15) is 83.5 Å². The van der Waals surface area contributed by atoms with Crippen molar-refractivity contribution in [3.63, 3.8) is 0 Å². The highest BCUT2D eigenvalue weighted by molar-refractivity contribution is 9.13. The van der Waals surface area contributed by atoms with Gasteiger partial charge in [-0.05, 0) is 12.8 Å². The molecule has 6 heteroatoms. The zero-order chi connectivity index (χ0) is 19.8. The summed E-state index contributed by atoms with van der Waals surface area (Å²) in [6.45, 7) is 0. The Kier molecular flexibility index (Phi) is 19.4. The number of hydrogen-bond acceptors (Lipinski definition) is 1. The Morgan fingerprint density at radius 3 is 1.50 bits per heavy atom. The number of carbonyl (C=O) groups is 1. The van der Waals surface area contributed by atoms with Crippen LogP contribution in [-0.2, 0) is 4.79 Å². The molecule has 0 aliphatic heterocycles. The van der Waals surface area contributed by atoms with Gasteiger partial charge in [0, 0.05) is 29.1 Å². The quantitative estimate of drug-likeness (QED) is 0.119. The van der Waals surface area contributed by atoms with Crippen LogP contribution in [0.2, 0.25) is 0 Å². The summed E-state index contributed by atoms with van der Waals surface area (Å²) in [4.78, 5) is 13.9. The molecule has 0 aromatic rings. The number of halogens is 4. The molecule has 3 unspecified atom stereocenters. The van der Waals surface area contributed by atoms with E-state index in [2.05, 4.69) is 63.7 Å². The van der Waals surface area contributed by atoms with E-state index in [1.54, 1.807) is 19.0 Å². The van der Waals surface area contributed by atoms with Crippen molar-refractivity contribution in [1.82, 2.24) is 4.90 Å². The maximum absolute atomic E-state index is 12.0. The van der Waals surface area contributed by atoms with Crippen LogP contribution >= 0.6 is 63.7 Å². The first kappa shape index (κ1) is 27.4. The number of nitrogens with zero attached hydrogens (tertiary/aromatic N) is 1. The molecule has 0 aromatic heterocycles. The SMILES string of the molecule is CN(C)C(=O)C(Br)C(Br)C(Br)CCCCCCCCCCCCCCBr. The lowest BCUT2D eigenvalue weighted by molar-refractivity contribution is -0.127. The largest absolute Gasteiger partial charge is 0.348 e. The molecule has 0 spiro atoms. The molecule has 0 heterocycles. The Hall–Kier alpha value is 1.39. The van der Waals surface area contributed by atoms with Gasteiger partial charge in [0.25, 0.3) is 0 Å². The van der Waals surface area contributed by atoms with Crippen LogP contribution in [0.25, 0.3) is 0 Å².